The Kier molecular flexibility index (Phi) is 9.08. The maximum atomic E-state index is 14.0. The highest BCUT2D eigenvalue weighted by atomic mass is 35.5. The van der Waals surface area contributed by atoms with Crippen LogP contribution in [-0.4, -0.2) is 41.5 Å². The average molecular weight is 611 g/mol. The molecule has 8 heteroatoms. The number of rotatable bonds is 9. The molecule has 1 aliphatic heterocycles. The summed E-state index contributed by atoms with van der Waals surface area (Å²) in [5.74, 6) is -0.579. The van der Waals surface area contributed by atoms with Crippen LogP contribution in [0.4, 0.5) is 0 Å². The van der Waals surface area contributed by atoms with Crippen molar-refractivity contribution >= 4 is 36.4 Å². The fourth-order valence-corrected chi connectivity index (χ4v) is 7.48. The van der Waals surface area contributed by atoms with Gasteiger partial charge in [0.1, 0.15) is 18.1 Å². The molecule has 0 saturated carbocycles. The highest BCUT2D eigenvalue weighted by molar-refractivity contribution is 6.43. The molecule has 1 saturated heterocycles. The number of fused-ring (bicyclic) bond motifs is 4. The Morgan fingerprint density at radius 2 is 1.73 bits per heavy atom. The lowest BCUT2D eigenvalue weighted by atomic mass is 9.54. The summed E-state index contributed by atoms with van der Waals surface area (Å²) in [7, 11) is -1.05. The van der Waals surface area contributed by atoms with E-state index in [1.807, 2.05) is 30.3 Å². The molecule has 6 nitrogen and oxygen atoms in total. The lowest BCUT2D eigenvalue weighted by Gasteiger charge is -2.47. The number of ketones is 2. The number of hydrogen-bond acceptors (Lipinski definition) is 6. The first-order chi connectivity index (χ1) is 21.3. The number of carbonyl (C=O) groups is 2. The van der Waals surface area contributed by atoms with Gasteiger partial charge in [-0.25, -0.2) is 0 Å². The SMILES string of the molecule is CCC/C(=C\c1ccc(O)cc1Cl)CC[C@H]1OB(O)C[C@H]2C1=C(COc1ccccc1)C[C@H]1C(=O)c3ccccc3C(=O)[C@H]12. The maximum Gasteiger partial charge on any atom is 0.455 e. The Morgan fingerprint density at radius 1 is 1.00 bits per heavy atom. The van der Waals surface area contributed by atoms with Crippen molar-refractivity contribution in [2.45, 2.75) is 51.5 Å². The molecule has 2 N–H and O–H groups in total. The van der Waals surface area contributed by atoms with E-state index >= 15 is 0 Å². The predicted molar refractivity (Wildman–Crippen MR) is 172 cm³/mol. The fraction of sp³-hybridized carbons (Fsp3) is 0.333. The molecule has 0 amide bonds. The van der Waals surface area contributed by atoms with Crippen molar-refractivity contribution in [2.75, 3.05) is 6.61 Å². The number of para-hydroxylation sites is 1. The van der Waals surface area contributed by atoms with Gasteiger partial charge >= 0.3 is 7.12 Å². The summed E-state index contributed by atoms with van der Waals surface area (Å²) in [6.45, 7) is 2.40. The van der Waals surface area contributed by atoms with Crippen molar-refractivity contribution in [2.24, 2.45) is 17.8 Å². The second kappa shape index (κ2) is 13.1. The topological polar surface area (TPSA) is 93.1 Å². The molecular formula is C36H36BClO6. The molecule has 0 spiro atoms. The molecule has 2 aliphatic carbocycles. The highest BCUT2D eigenvalue weighted by Crippen LogP contribution is 2.51. The van der Waals surface area contributed by atoms with Gasteiger partial charge in [-0.1, -0.05) is 79.1 Å². The van der Waals surface area contributed by atoms with E-state index in [4.69, 9.17) is 21.0 Å². The zero-order chi connectivity index (χ0) is 30.8. The summed E-state index contributed by atoms with van der Waals surface area (Å²) in [6, 6.07) is 21.6. The van der Waals surface area contributed by atoms with Crippen molar-refractivity contribution in [1.29, 1.82) is 0 Å². The third-order valence-corrected chi connectivity index (χ3v) is 9.49. The van der Waals surface area contributed by atoms with Crippen LogP contribution < -0.4 is 4.74 Å². The molecule has 1 heterocycles. The van der Waals surface area contributed by atoms with E-state index in [9.17, 15) is 19.7 Å². The molecule has 3 aromatic carbocycles. The van der Waals surface area contributed by atoms with Gasteiger partial charge in [-0.2, -0.15) is 0 Å². The van der Waals surface area contributed by atoms with E-state index in [1.54, 1.807) is 36.4 Å². The largest absolute Gasteiger partial charge is 0.508 e. The van der Waals surface area contributed by atoms with Gasteiger partial charge in [0.25, 0.3) is 0 Å². The van der Waals surface area contributed by atoms with E-state index in [2.05, 4.69) is 13.0 Å². The maximum absolute atomic E-state index is 14.0. The van der Waals surface area contributed by atoms with E-state index < -0.39 is 25.1 Å². The number of carbonyl (C=O) groups excluding carboxylic acids is 2. The van der Waals surface area contributed by atoms with Crippen LogP contribution in [0.5, 0.6) is 11.5 Å². The summed E-state index contributed by atoms with van der Waals surface area (Å²) < 4.78 is 12.5. The van der Waals surface area contributed by atoms with Crippen molar-refractivity contribution < 1.29 is 29.1 Å². The number of allylic oxidation sites excluding steroid dienone is 1. The third-order valence-electron chi connectivity index (χ3n) is 9.16. The lowest BCUT2D eigenvalue weighted by Crippen LogP contribution is -2.51. The van der Waals surface area contributed by atoms with Gasteiger partial charge in [-0.3, -0.25) is 9.59 Å². The molecule has 0 bridgehead atoms. The summed E-state index contributed by atoms with van der Waals surface area (Å²) in [4.78, 5) is 27.8. The molecule has 226 valence electrons. The van der Waals surface area contributed by atoms with Gasteiger partial charge in [0.2, 0.25) is 0 Å². The zero-order valence-corrected chi connectivity index (χ0v) is 25.5. The second-order valence-corrected chi connectivity index (χ2v) is 12.4. The Labute approximate surface area is 263 Å². The number of halogens is 1. The molecule has 0 radical (unpaired) electrons. The smallest absolute Gasteiger partial charge is 0.455 e. The van der Waals surface area contributed by atoms with E-state index in [0.29, 0.717) is 35.4 Å². The monoisotopic (exact) mass is 610 g/mol. The minimum atomic E-state index is -1.05. The second-order valence-electron chi connectivity index (χ2n) is 12.0. The zero-order valence-electron chi connectivity index (χ0n) is 24.7. The number of ether oxygens (including phenoxy) is 1. The van der Waals surface area contributed by atoms with Crippen LogP contribution in [0, 0.1) is 17.8 Å². The molecule has 0 unspecified atom stereocenters. The molecular weight excluding hydrogens is 575 g/mol. The van der Waals surface area contributed by atoms with Crippen LogP contribution in [0.2, 0.25) is 11.3 Å². The minimum Gasteiger partial charge on any atom is -0.508 e. The fourth-order valence-electron chi connectivity index (χ4n) is 7.25. The summed E-state index contributed by atoms with van der Waals surface area (Å²) in [5, 5.41) is 21.3. The normalized spacial score (nSPS) is 23.2. The average Bonchev–Trinajstić information content (AvgIpc) is 3.02. The standard InChI is InChI=1S/C36H36BClO6/c1-2-8-22(17-23-14-15-25(39)19-31(23)38)13-16-32-33-24(21-43-26-9-4-3-5-10-26)18-29-34(30(33)20-37(42)44-32)36(41)28-12-7-6-11-27(28)35(29)40/h3-7,9-12,14-15,17,19,29-30,32,34,39,42H,2,8,13,16,18,20-21H2,1H3/b22-17+/t29-,30+,32-,34-/m1/s1. The van der Waals surface area contributed by atoms with Gasteiger partial charge < -0.3 is 19.5 Å². The van der Waals surface area contributed by atoms with Gasteiger partial charge in [0, 0.05) is 23.0 Å². The van der Waals surface area contributed by atoms with Crippen LogP contribution >= 0.6 is 11.6 Å². The van der Waals surface area contributed by atoms with Crippen molar-refractivity contribution in [3.05, 3.63) is 111 Å². The molecule has 44 heavy (non-hydrogen) atoms. The van der Waals surface area contributed by atoms with Crippen molar-refractivity contribution in [1.82, 2.24) is 0 Å². The number of phenolic OH excluding ortho intramolecular Hbond substituents is 1. The van der Waals surface area contributed by atoms with Gasteiger partial charge in [-0.05, 0) is 85.0 Å². The van der Waals surface area contributed by atoms with E-state index in [1.165, 1.54) is 11.6 Å². The van der Waals surface area contributed by atoms with Gasteiger partial charge in [0.15, 0.2) is 11.6 Å². The Morgan fingerprint density at radius 3 is 2.45 bits per heavy atom. The molecule has 3 aliphatic rings. The van der Waals surface area contributed by atoms with Crippen LogP contribution in [0.1, 0.15) is 65.3 Å². The summed E-state index contributed by atoms with van der Waals surface area (Å²) >= 11 is 6.42. The first kappa shape index (κ1) is 30.4. The van der Waals surface area contributed by atoms with Gasteiger partial charge in [0.05, 0.1) is 11.1 Å². The summed E-state index contributed by atoms with van der Waals surface area (Å²) in [6.07, 6.45) is 5.37. The van der Waals surface area contributed by atoms with Crippen LogP contribution in [0.15, 0.2) is 89.5 Å². The Balaban J connectivity index is 1.35. The third kappa shape index (κ3) is 6.14. The molecule has 1 fully saturated rings. The molecule has 0 aromatic heterocycles. The van der Waals surface area contributed by atoms with Crippen molar-refractivity contribution in [3.63, 3.8) is 0 Å². The number of aromatic hydroxyl groups is 1. The number of hydrogen-bond donors (Lipinski definition) is 2. The molecule has 4 atom stereocenters. The summed E-state index contributed by atoms with van der Waals surface area (Å²) in [5.41, 5.74) is 4.92. The highest BCUT2D eigenvalue weighted by Gasteiger charge is 2.53. The van der Waals surface area contributed by atoms with E-state index in [-0.39, 0.29) is 36.2 Å². The quantitative estimate of drug-likeness (QED) is 0.191. The van der Waals surface area contributed by atoms with Gasteiger partial charge in [-0.15, -0.1) is 0 Å². The first-order valence-electron chi connectivity index (χ1n) is 15.4. The van der Waals surface area contributed by atoms with Crippen LogP contribution in [0.3, 0.4) is 0 Å². The minimum absolute atomic E-state index is 0.0158. The number of benzene rings is 3. The van der Waals surface area contributed by atoms with E-state index in [0.717, 1.165) is 35.3 Å². The predicted octanol–water partition coefficient (Wildman–Crippen LogP) is 7.60. The lowest BCUT2D eigenvalue weighted by molar-refractivity contribution is 0.0592. The number of phenols is 1. The molecule has 3 aromatic rings. The Bertz CT molecular complexity index is 1620. The number of Topliss-reactive ketones (excluding diaryl/α,β-unsaturated/α-hetero) is 2. The Hall–Kier alpha value is -3.65. The molecule has 6 rings (SSSR count). The first-order valence-corrected chi connectivity index (χ1v) is 15.8. The van der Waals surface area contributed by atoms with Crippen LogP contribution in [-0.2, 0) is 4.65 Å². The van der Waals surface area contributed by atoms with Crippen LogP contribution in [0.25, 0.3) is 6.08 Å². The van der Waals surface area contributed by atoms with Crippen molar-refractivity contribution in [3.8, 4) is 11.5 Å².